The van der Waals surface area contributed by atoms with Gasteiger partial charge in [-0.3, -0.25) is 4.79 Å². The molecule has 0 fully saturated rings. The van der Waals surface area contributed by atoms with Gasteiger partial charge >= 0.3 is 0 Å². The van der Waals surface area contributed by atoms with Crippen LogP contribution in [0.2, 0.25) is 0 Å². The van der Waals surface area contributed by atoms with E-state index in [0.717, 1.165) is 5.56 Å². The Kier molecular flexibility index (Phi) is 3.50. The lowest BCUT2D eigenvalue weighted by atomic mass is 10.1. The Morgan fingerprint density at radius 1 is 1.50 bits per heavy atom. The van der Waals surface area contributed by atoms with Gasteiger partial charge in [-0.05, 0) is 31.5 Å². The summed E-state index contributed by atoms with van der Waals surface area (Å²) in [6, 6.07) is 6.21. The van der Waals surface area contributed by atoms with E-state index in [9.17, 15) is 9.18 Å². The molecule has 0 spiro atoms. The van der Waals surface area contributed by atoms with Crippen molar-refractivity contribution in [1.29, 1.82) is 0 Å². The Morgan fingerprint density at radius 3 is 2.94 bits per heavy atom. The van der Waals surface area contributed by atoms with Gasteiger partial charge in [0.15, 0.2) is 5.82 Å². The molecule has 0 saturated heterocycles. The maximum absolute atomic E-state index is 13.0. The fourth-order valence-electron chi connectivity index (χ4n) is 1.52. The lowest BCUT2D eigenvalue weighted by Crippen LogP contribution is -2.04. The summed E-state index contributed by atoms with van der Waals surface area (Å²) in [7, 11) is 0. The summed E-state index contributed by atoms with van der Waals surface area (Å²) in [6.07, 6.45) is 0.381. The number of carbonyl (C=O) groups is 1. The zero-order chi connectivity index (χ0) is 13.1. The summed E-state index contributed by atoms with van der Waals surface area (Å²) >= 11 is 0. The maximum Gasteiger partial charge on any atom is 0.236 e. The fourth-order valence-corrected chi connectivity index (χ4v) is 1.52. The summed E-state index contributed by atoms with van der Waals surface area (Å²) in [5.41, 5.74) is 0.762. The van der Waals surface area contributed by atoms with Crippen LogP contribution in [0.1, 0.15) is 37.0 Å². The van der Waals surface area contributed by atoms with Crippen LogP contribution in [0.4, 0.5) is 4.39 Å². The van der Waals surface area contributed by atoms with Crippen molar-refractivity contribution >= 4 is 5.78 Å². The third kappa shape index (κ3) is 2.80. The topological polar surface area (TPSA) is 56.0 Å². The molecular weight excluding hydrogens is 235 g/mol. The van der Waals surface area contributed by atoms with Crippen LogP contribution in [0.15, 0.2) is 28.8 Å². The summed E-state index contributed by atoms with van der Waals surface area (Å²) in [4.78, 5) is 15.3. The van der Waals surface area contributed by atoms with Gasteiger partial charge in [0.2, 0.25) is 5.89 Å². The minimum Gasteiger partial charge on any atom is -0.339 e. The second kappa shape index (κ2) is 5.08. The van der Waals surface area contributed by atoms with Crippen LogP contribution >= 0.6 is 0 Å². The number of Topliss-reactive ketones (excluding diaryl/α,β-unsaturated/α-hetero) is 1. The lowest BCUT2D eigenvalue weighted by molar-refractivity contribution is -0.118. The van der Waals surface area contributed by atoms with Gasteiger partial charge in [0, 0.05) is 6.42 Å². The molecule has 1 heterocycles. The van der Waals surface area contributed by atoms with E-state index >= 15 is 0 Å². The molecule has 2 rings (SSSR count). The van der Waals surface area contributed by atoms with E-state index in [1.165, 1.54) is 19.1 Å². The first-order valence-electron chi connectivity index (χ1n) is 5.63. The van der Waals surface area contributed by atoms with E-state index in [1.54, 1.807) is 19.1 Å². The molecular formula is C13H13FN2O2. The Balaban J connectivity index is 2.14. The van der Waals surface area contributed by atoms with E-state index in [1.807, 2.05) is 0 Å². The third-order valence-corrected chi connectivity index (χ3v) is 2.72. The molecule has 0 amide bonds. The van der Waals surface area contributed by atoms with Gasteiger partial charge in [-0.2, -0.15) is 4.98 Å². The van der Waals surface area contributed by atoms with Crippen molar-refractivity contribution in [3.63, 3.8) is 0 Å². The van der Waals surface area contributed by atoms with Crippen LogP contribution in [-0.4, -0.2) is 15.9 Å². The molecule has 0 bridgehead atoms. The highest BCUT2D eigenvalue weighted by Gasteiger charge is 2.18. The van der Waals surface area contributed by atoms with E-state index in [4.69, 9.17) is 4.52 Å². The number of carbonyl (C=O) groups excluding carboxylic acids is 1. The number of hydrogen-bond acceptors (Lipinski definition) is 4. The molecule has 0 radical (unpaired) electrons. The van der Waals surface area contributed by atoms with Crippen LogP contribution in [0.3, 0.4) is 0 Å². The van der Waals surface area contributed by atoms with Gasteiger partial charge < -0.3 is 4.52 Å². The number of aromatic nitrogens is 2. The molecule has 0 aliphatic carbocycles. The molecule has 0 saturated carbocycles. The first-order valence-corrected chi connectivity index (χ1v) is 5.63. The van der Waals surface area contributed by atoms with E-state index in [-0.39, 0.29) is 11.6 Å². The predicted molar refractivity (Wildman–Crippen MR) is 62.6 cm³/mol. The van der Waals surface area contributed by atoms with Crippen molar-refractivity contribution in [2.45, 2.75) is 26.2 Å². The zero-order valence-corrected chi connectivity index (χ0v) is 10.2. The van der Waals surface area contributed by atoms with Crippen LogP contribution in [-0.2, 0) is 11.2 Å². The summed E-state index contributed by atoms with van der Waals surface area (Å²) in [6.45, 7) is 3.18. The van der Waals surface area contributed by atoms with Gasteiger partial charge in [-0.15, -0.1) is 0 Å². The van der Waals surface area contributed by atoms with Gasteiger partial charge in [-0.1, -0.05) is 17.3 Å². The van der Waals surface area contributed by atoms with Crippen molar-refractivity contribution in [2.24, 2.45) is 0 Å². The Hall–Kier alpha value is -2.04. The van der Waals surface area contributed by atoms with Crippen LogP contribution in [0, 0.1) is 5.82 Å². The van der Waals surface area contributed by atoms with E-state index in [0.29, 0.717) is 18.1 Å². The van der Waals surface area contributed by atoms with Crippen molar-refractivity contribution in [2.75, 3.05) is 0 Å². The predicted octanol–water partition coefficient (Wildman–Crippen LogP) is 2.49. The molecule has 18 heavy (non-hydrogen) atoms. The fraction of sp³-hybridized carbons (Fsp3) is 0.308. The smallest absolute Gasteiger partial charge is 0.236 e. The number of hydrogen-bond donors (Lipinski definition) is 0. The first-order chi connectivity index (χ1) is 8.56. The van der Waals surface area contributed by atoms with Crippen molar-refractivity contribution in [3.8, 4) is 0 Å². The van der Waals surface area contributed by atoms with Crippen LogP contribution in [0.25, 0.3) is 0 Å². The van der Waals surface area contributed by atoms with E-state index < -0.39 is 5.92 Å². The maximum atomic E-state index is 13.0. The minimum atomic E-state index is -0.404. The van der Waals surface area contributed by atoms with Crippen LogP contribution in [0.5, 0.6) is 0 Å². The van der Waals surface area contributed by atoms with Crippen molar-refractivity contribution in [1.82, 2.24) is 10.1 Å². The Labute approximate surface area is 104 Å². The Morgan fingerprint density at radius 2 is 2.28 bits per heavy atom. The first kappa shape index (κ1) is 12.4. The molecule has 0 aliphatic heterocycles. The molecule has 2 aromatic rings. The molecule has 94 valence electrons. The minimum absolute atomic E-state index is 0.0315. The molecule has 0 N–H and O–H groups in total. The molecule has 1 unspecified atom stereocenters. The monoisotopic (exact) mass is 248 g/mol. The standard InChI is InChI=1S/C13H13FN2O2/c1-8(9(2)17)13-15-12(16-18-13)7-10-4-3-5-11(14)6-10/h3-6,8H,7H2,1-2H3. The highest BCUT2D eigenvalue weighted by Crippen LogP contribution is 2.15. The van der Waals surface area contributed by atoms with Crippen molar-refractivity contribution in [3.05, 3.63) is 47.4 Å². The highest BCUT2D eigenvalue weighted by molar-refractivity contribution is 5.81. The third-order valence-electron chi connectivity index (χ3n) is 2.72. The second-order valence-electron chi connectivity index (χ2n) is 4.19. The second-order valence-corrected chi connectivity index (χ2v) is 4.19. The number of halogens is 1. The quantitative estimate of drug-likeness (QED) is 0.834. The van der Waals surface area contributed by atoms with E-state index in [2.05, 4.69) is 10.1 Å². The number of ketones is 1. The zero-order valence-electron chi connectivity index (χ0n) is 10.2. The van der Waals surface area contributed by atoms with Gasteiger partial charge in [0.05, 0.1) is 5.92 Å². The molecule has 0 aliphatic rings. The SMILES string of the molecule is CC(=O)C(C)c1nc(Cc2cccc(F)c2)no1. The van der Waals surface area contributed by atoms with Crippen molar-refractivity contribution < 1.29 is 13.7 Å². The average Bonchev–Trinajstić information content (AvgIpc) is 2.76. The normalized spacial score (nSPS) is 12.4. The number of benzene rings is 1. The van der Waals surface area contributed by atoms with Gasteiger partial charge in [0.25, 0.3) is 0 Å². The highest BCUT2D eigenvalue weighted by atomic mass is 19.1. The molecule has 1 atom stereocenters. The molecule has 1 aromatic carbocycles. The summed E-state index contributed by atoms with van der Waals surface area (Å²) in [5.74, 6) is 0.0145. The Bertz CT molecular complexity index is 566. The lowest BCUT2D eigenvalue weighted by Gasteiger charge is -1.98. The van der Waals surface area contributed by atoms with Gasteiger partial charge in [-0.25, -0.2) is 4.39 Å². The molecule has 4 nitrogen and oxygen atoms in total. The average molecular weight is 248 g/mol. The molecule has 1 aromatic heterocycles. The largest absolute Gasteiger partial charge is 0.339 e. The number of rotatable bonds is 4. The number of nitrogens with zero attached hydrogens (tertiary/aromatic N) is 2. The summed E-state index contributed by atoms with van der Waals surface area (Å²) in [5, 5.41) is 3.78. The van der Waals surface area contributed by atoms with Crippen LogP contribution < -0.4 is 0 Å². The summed E-state index contributed by atoms with van der Waals surface area (Å²) < 4.78 is 18.0. The van der Waals surface area contributed by atoms with Gasteiger partial charge in [0.1, 0.15) is 11.6 Å². The molecule has 5 heteroatoms.